The minimum absolute atomic E-state index is 0.120. The summed E-state index contributed by atoms with van der Waals surface area (Å²) in [7, 11) is 1.34. The van der Waals surface area contributed by atoms with Gasteiger partial charge in [-0.05, 0) is 17.5 Å². The summed E-state index contributed by atoms with van der Waals surface area (Å²) in [6.45, 7) is 3.52. The van der Waals surface area contributed by atoms with Crippen molar-refractivity contribution in [2.45, 2.75) is 12.0 Å². The first kappa shape index (κ1) is 20.0. The first-order chi connectivity index (χ1) is 13.9. The Bertz CT molecular complexity index is 905. The van der Waals surface area contributed by atoms with Gasteiger partial charge in [0.2, 0.25) is 0 Å². The molecule has 0 saturated carbocycles. The predicted octanol–water partition coefficient (Wildman–Crippen LogP) is 3.22. The molecule has 29 heavy (non-hydrogen) atoms. The maximum Gasteiger partial charge on any atom is 0.419 e. The van der Waals surface area contributed by atoms with Crippen LogP contribution in [0.5, 0.6) is 5.75 Å². The highest BCUT2D eigenvalue weighted by Gasteiger charge is 2.37. The molecular formula is C20H21F3N3O2P. The van der Waals surface area contributed by atoms with Crippen molar-refractivity contribution in [3.8, 4) is 5.75 Å². The van der Waals surface area contributed by atoms with E-state index in [9.17, 15) is 18.0 Å². The highest BCUT2D eigenvalue weighted by molar-refractivity contribution is 7.51. The molecule has 154 valence electrons. The Balaban J connectivity index is 1.65. The van der Waals surface area contributed by atoms with Crippen LogP contribution in [0, 0.1) is 0 Å². The second kappa shape index (κ2) is 7.84. The molecule has 1 saturated heterocycles. The number of piperazine rings is 1. The van der Waals surface area contributed by atoms with Gasteiger partial charge in [0, 0.05) is 44.0 Å². The molecule has 0 bridgehead atoms. The molecule has 0 aromatic heterocycles. The second-order valence-corrected chi connectivity index (χ2v) is 8.35. The van der Waals surface area contributed by atoms with Crippen molar-refractivity contribution < 1.29 is 22.7 Å². The van der Waals surface area contributed by atoms with Gasteiger partial charge in [0.1, 0.15) is 5.75 Å². The molecule has 5 nitrogen and oxygen atoms in total. The van der Waals surface area contributed by atoms with Crippen molar-refractivity contribution in [2.75, 3.05) is 33.3 Å². The number of allylic oxidation sites excluding steroid dienone is 1. The molecule has 3 aliphatic rings. The van der Waals surface area contributed by atoms with Crippen LogP contribution in [0.15, 0.2) is 48.3 Å². The summed E-state index contributed by atoms with van der Waals surface area (Å²) < 4.78 is 45.1. The van der Waals surface area contributed by atoms with E-state index in [1.807, 2.05) is 18.4 Å². The summed E-state index contributed by atoms with van der Waals surface area (Å²) in [5.74, 6) is -0.676. The molecule has 9 heteroatoms. The predicted molar refractivity (Wildman–Crippen MR) is 107 cm³/mol. The average Bonchev–Trinajstić information content (AvgIpc) is 2.73. The summed E-state index contributed by atoms with van der Waals surface area (Å²) in [6.07, 6.45) is 2.71. The highest BCUT2D eigenvalue weighted by Crippen LogP contribution is 2.49. The summed E-state index contributed by atoms with van der Waals surface area (Å²) in [4.78, 5) is 16.7. The van der Waals surface area contributed by atoms with Gasteiger partial charge in [-0.1, -0.05) is 26.8 Å². The maximum absolute atomic E-state index is 13.3. The molecule has 1 aromatic rings. The first-order valence-electron chi connectivity index (χ1n) is 9.29. The number of carbonyl (C=O) groups excluding carboxylic acids is 1. The molecule has 2 unspecified atom stereocenters. The van der Waals surface area contributed by atoms with Crippen LogP contribution in [0.2, 0.25) is 0 Å². The minimum atomic E-state index is -4.53. The molecule has 2 atom stereocenters. The largest absolute Gasteiger partial charge is 0.495 e. The Hall–Kier alpha value is -2.31. The number of hydrogen-bond donors (Lipinski definition) is 1. The van der Waals surface area contributed by atoms with E-state index in [0.717, 1.165) is 37.9 Å². The zero-order valence-corrected chi connectivity index (χ0v) is 16.8. The molecular weight excluding hydrogens is 402 g/mol. The van der Waals surface area contributed by atoms with Crippen molar-refractivity contribution in [3.05, 3.63) is 59.5 Å². The van der Waals surface area contributed by atoms with E-state index in [-0.39, 0.29) is 26.0 Å². The standard InChI is InChI=1S/C20H21F3N3O2P/c1-28-19-14(3-2-4-15(19)20(21,22)23)16-11-17(27)26-12-13(5-6-18(26)29-16)25-9-7-24-8-10-25/h2-6,11-12,18,24,29H,7-10H2,1H3. The van der Waals surface area contributed by atoms with Crippen LogP contribution in [0.3, 0.4) is 0 Å². The summed E-state index contributed by atoms with van der Waals surface area (Å²) in [5.41, 5.74) is 0.464. The van der Waals surface area contributed by atoms with E-state index in [0.29, 0.717) is 10.9 Å². The number of rotatable bonds is 3. The monoisotopic (exact) mass is 423 g/mol. The quantitative estimate of drug-likeness (QED) is 0.759. The molecule has 0 spiro atoms. The van der Waals surface area contributed by atoms with Crippen LogP contribution >= 0.6 is 8.58 Å². The fourth-order valence-electron chi connectivity index (χ4n) is 3.72. The maximum atomic E-state index is 13.3. The number of methoxy groups -OCH3 is 1. The number of hydrogen-bond acceptors (Lipinski definition) is 4. The second-order valence-electron chi connectivity index (χ2n) is 6.93. The molecule has 0 aliphatic carbocycles. The van der Waals surface area contributed by atoms with Crippen LogP contribution in [-0.2, 0) is 11.0 Å². The zero-order valence-electron chi connectivity index (χ0n) is 15.8. The van der Waals surface area contributed by atoms with Crippen LogP contribution in [0.4, 0.5) is 13.2 Å². The van der Waals surface area contributed by atoms with Gasteiger partial charge in [0.25, 0.3) is 5.91 Å². The van der Waals surface area contributed by atoms with Gasteiger partial charge >= 0.3 is 6.18 Å². The summed E-state index contributed by atoms with van der Waals surface area (Å²) >= 11 is 0. The van der Waals surface area contributed by atoms with Crippen molar-refractivity contribution in [1.29, 1.82) is 0 Å². The molecule has 0 radical (unpaired) electrons. The van der Waals surface area contributed by atoms with E-state index in [1.54, 1.807) is 11.0 Å². The summed E-state index contributed by atoms with van der Waals surface area (Å²) in [5, 5.41) is 3.87. The van der Waals surface area contributed by atoms with Gasteiger partial charge in [-0.15, -0.1) is 0 Å². The number of amides is 1. The topological polar surface area (TPSA) is 44.8 Å². The van der Waals surface area contributed by atoms with Crippen LogP contribution in [0.25, 0.3) is 5.31 Å². The lowest BCUT2D eigenvalue weighted by Gasteiger charge is -2.38. The number of alkyl halides is 3. The number of para-hydroxylation sites is 1. The molecule has 3 aliphatic heterocycles. The van der Waals surface area contributed by atoms with Crippen molar-refractivity contribution in [1.82, 2.24) is 15.1 Å². The van der Waals surface area contributed by atoms with Gasteiger partial charge < -0.3 is 19.9 Å². The molecule has 1 amide bonds. The smallest absolute Gasteiger partial charge is 0.419 e. The van der Waals surface area contributed by atoms with Gasteiger partial charge in [-0.3, -0.25) is 4.79 Å². The van der Waals surface area contributed by atoms with Gasteiger partial charge in [-0.2, -0.15) is 13.2 Å². The molecule has 3 heterocycles. The van der Waals surface area contributed by atoms with E-state index >= 15 is 0 Å². The average molecular weight is 423 g/mol. The lowest BCUT2D eigenvalue weighted by atomic mass is 10.1. The SMILES string of the molecule is COc1c(C2=CC(=O)N3C=C(N4CCNCC4)C=CC3P2)cccc1C(F)(F)F. The lowest BCUT2D eigenvalue weighted by Crippen LogP contribution is -2.44. The number of fused-ring (bicyclic) bond motifs is 1. The summed E-state index contributed by atoms with van der Waals surface area (Å²) in [6, 6.07) is 3.91. The molecule has 1 fully saturated rings. The number of nitrogens with one attached hydrogen (secondary N) is 1. The Kier molecular flexibility index (Phi) is 5.40. The number of carbonyl (C=O) groups is 1. The lowest BCUT2D eigenvalue weighted by molar-refractivity contribution is -0.138. The number of halogens is 3. The number of benzene rings is 1. The van der Waals surface area contributed by atoms with Crippen LogP contribution < -0.4 is 10.1 Å². The Morgan fingerprint density at radius 2 is 2.00 bits per heavy atom. The van der Waals surface area contributed by atoms with E-state index < -0.39 is 11.7 Å². The molecule has 1 aromatic carbocycles. The Morgan fingerprint density at radius 3 is 2.69 bits per heavy atom. The molecule has 1 N–H and O–H groups in total. The van der Waals surface area contributed by atoms with Crippen molar-refractivity contribution in [2.24, 2.45) is 0 Å². The van der Waals surface area contributed by atoms with Gasteiger partial charge in [-0.25, -0.2) is 0 Å². The number of ether oxygens (including phenoxy) is 1. The van der Waals surface area contributed by atoms with Crippen LogP contribution in [0.1, 0.15) is 11.1 Å². The number of nitrogens with zero attached hydrogens (tertiary/aromatic N) is 2. The fourth-order valence-corrected chi connectivity index (χ4v) is 5.13. The fraction of sp³-hybridized carbons (Fsp3) is 0.350. The molecule has 4 rings (SSSR count). The van der Waals surface area contributed by atoms with Crippen molar-refractivity contribution in [3.63, 3.8) is 0 Å². The van der Waals surface area contributed by atoms with E-state index in [2.05, 4.69) is 10.2 Å². The Labute approximate surface area is 168 Å². The van der Waals surface area contributed by atoms with Crippen molar-refractivity contribution >= 4 is 19.8 Å². The third-order valence-corrected chi connectivity index (χ3v) is 6.63. The zero-order chi connectivity index (χ0) is 20.6. The van der Waals surface area contributed by atoms with E-state index in [4.69, 9.17) is 4.74 Å². The highest BCUT2D eigenvalue weighted by atomic mass is 31.1. The van der Waals surface area contributed by atoms with Gasteiger partial charge in [0.05, 0.1) is 24.2 Å². The Morgan fingerprint density at radius 1 is 1.24 bits per heavy atom. The third-order valence-electron chi connectivity index (χ3n) is 5.14. The van der Waals surface area contributed by atoms with Gasteiger partial charge in [0.15, 0.2) is 0 Å². The van der Waals surface area contributed by atoms with Crippen LogP contribution in [-0.4, -0.2) is 54.8 Å². The first-order valence-corrected chi connectivity index (χ1v) is 10.4. The normalized spacial score (nSPS) is 23.0. The minimum Gasteiger partial charge on any atom is -0.495 e. The third kappa shape index (κ3) is 3.91. The van der Waals surface area contributed by atoms with E-state index in [1.165, 1.54) is 19.3 Å².